The maximum absolute atomic E-state index is 12.0. The number of hydrazone groups is 1. The second-order valence-electron chi connectivity index (χ2n) is 4.62. The first-order valence-electron chi connectivity index (χ1n) is 6.83. The highest BCUT2D eigenvalue weighted by molar-refractivity contribution is 7.98. The number of thioether (sulfide) groups is 1. The third-order valence-corrected chi connectivity index (χ3v) is 3.84. The van der Waals surface area contributed by atoms with Gasteiger partial charge in [0.1, 0.15) is 5.69 Å². The summed E-state index contributed by atoms with van der Waals surface area (Å²) in [6, 6.07) is 13.0. The SMILES string of the molecule is CSc1ccc(/C=N\NC(=O)c2cc(-c3ccco3)[nH]n2)cc1. The maximum Gasteiger partial charge on any atom is 0.291 e. The van der Waals surface area contributed by atoms with Crippen LogP contribution in [0.15, 0.2) is 63.1 Å². The summed E-state index contributed by atoms with van der Waals surface area (Å²) in [5.41, 5.74) is 4.23. The van der Waals surface area contributed by atoms with Crippen LogP contribution < -0.4 is 5.43 Å². The van der Waals surface area contributed by atoms with Gasteiger partial charge in [-0.05, 0) is 36.1 Å². The fraction of sp³-hybridized carbons (Fsp3) is 0.0625. The monoisotopic (exact) mass is 326 g/mol. The number of H-pyrrole nitrogens is 1. The van der Waals surface area contributed by atoms with Gasteiger partial charge in [0.25, 0.3) is 5.91 Å². The molecule has 2 N–H and O–H groups in total. The molecule has 23 heavy (non-hydrogen) atoms. The molecule has 116 valence electrons. The predicted molar refractivity (Wildman–Crippen MR) is 89.6 cm³/mol. The lowest BCUT2D eigenvalue weighted by Gasteiger charge is -1.97. The fourth-order valence-corrected chi connectivity index (χ4v) is 2.32. The summed E-state index contributed by atoms with van der Waals surface area (Å²) in [7, 11) is 0. The molecule has 1 amide bonds. The Hall–Kier alpha value is -2.80. The van der Waals surface area contributed by atoms with E-state index in [2.05, 4.69) is 20.7 Å². The molecule has 3 aromatic rings. The summed E-state index contributed by atoms with van der Waals surface area (Å²) in [5.74, 6) is 0.227. The minimum absolute atomic E-state index is 0.242. The van der Waals surface area contributed by atoms with Gasteiger partial charge in [-0.1, -0.05) is 12.1 Å². The Balaban J connectivity index is 1.61. The van der Waals surface area contributed by atoms with Gasteiger partial charge in [0, 0.05) is 11.0 Å². The molecule has 0 fully saturated rings. The van der Waals surface area contributed by atoms with Crippen molar-refractivity contribution in [3.05, 3.63) is 60.0 Å². The molecule has 0 spiro atoms. The summed E-state index contributed by atoms with van der Waals surface area (Å²) >= 11 is 1.67. The van der Waals surface area contributed by atoms with Crippen molar-refractivity contribution in [2.24, 2.45) is 5.10 Å². The van der Waals surface area contributed by atoms with E-state index in [0.29, 0.717) is 11.5 Å². The van der Waals surface area contributed by atoms with Crippen LogP contribution in [0.5, 0.6) is 0 Å². The summed E-state index contributed by atoms with van der Waals surface area (Å²) in [6.07, 6.45) is 5.16. The minimum atomic E-state index is -0.393. The number of carbonyl (C=O) groups excluding carboxylic acids is 1. The normalized spacial score (nSPS) is 11.0. The first-order chi connectivity index (χ1) is 11.3. The highest BCUT2D eigenvalue weighted by atomic mass is 32.2. The van der Waals surface area contributed by atoms with Crippen LogP contribution >= 0.6 is 11.8 Å². The zero-order valence-electron chi connectivity index (χ0n) is 12.3. The number of amides is 1. The smallest absolute Gasteiger partial charge is 0.291 e. The number of carbonyl (C=O) groups is 1. The number of aromatic amines is 1. The van der Waals surface area contributed by atoms with E-state index in [1.165, 1.54) is 4.90 Å². The number of hydrogen-bond donors (Lipinski definition) is 2. The molecule has 0 radical (unpaired) electrons. The van der Waals surface area contributed by atoms with Gasteiger partial charge in [-0.2, -0.15) is 10.2 Å². The minimum Gasteiger partial charge on any atom is -0.463 e. The average Bonchev–Trinajstić information content (AvgIpc) is 3.26. The number of nitrogens with zero attached hydrogens (tertiary/aromatic N) is 2. The highest BCUT2D eigenvalue weighted by Gasteiger charge is 2.11. The average molecular weight is 326 g/mol. The standard InChI is InChI=1S/C16H14N4O2S/c1-23-12-6-4-11(5-7-12)10-17-20-16(21)14-9-13(18-19-14)15-3-2-8-22-15/h2-10H,1H3,(H,18,19)(H,20,21)/b17-10-. The van der Waals surface area contributed by atoms with E-state index >= 15 is 0 Å². The summed E-state index contributed by atoms with van der Waals surface area (Å²) in [4.78, 5) is 13.2. The zero-order chi connectivity index (χ0) is 16.1. The Morgan fingerprint density at radius 3 is 2.87 bits per heavy atom. The predicted octanol–water partition coefficient (Wildman–Crippen LogP) is 3.16. The van der Waals surface area contributed by atoms with Gasteiger partial charge in [0.15, 0.2) is 11.5 Å². The quantitative estimate of drug-likeness (QED) is 0.428. The van der Waals surface area contributed by atoms with E-state index in [-0.39, 0.29) is 5.69 Å². The number of nitrogens with one attached hydrogen (secondary N) is 2. The van der Waals surface area contributed by atoms with Crippen molar-refractivity contribution in [3.8, 4) is 11.5 Å². The molecule has 7 heteroatoms. The molecule has 0 bridgehead atoms. The van der Waals surface area contributed by atoms with Crippen molar-refractivity contribution in [2.45, 2.75) is 4.90 Å². The van der Waals surface area contributed by atoms with E-state index in [0.717, 1.165) is 5.56 Å². The molecular weight excluding hydrogens is 312 g/mol. The van der Waals surface area contributed by atoms with Crippen molar-refractivity contribution in [1.29, 1.82) is 0 Å². The molecule has 2 aromatic heterocycles. The largest absolute Gasteiger partial charge is 0.463 e. The van der Waals surface area contributed by atoms with Crippen molar-refractivity contribution in [2.75, 3.05) is 6.26 Å². The van der Waals surface area contributed by atoms with Gasteiger partial charge in [0.05, 0.1) is 12.5 Å². The first kappa shape index (κ1) is 15.1. The molecule has 0 saturated heterocycles. The van der Waals surface area contributed by atoms with Crippen molar-refractivity contribution in [3.63, 3.8) is 0 Å². The molecule has 2 heterocycles. The second kappa shape index (κ2) is 6.97. The molecular formula is C16H14N4O2S. The van der Waals surface area contributed by atoms with E-state index in [9.17, 15) is 4.79 Å². The fourth-order valence-electron chi connectivity index (χ4n) is 1.91. The Labute approximate surface area is 137 Å². The van der Waals surface area contributed by atoms with Crippen LogP contribution in [0.4, 0.5) is 0 Å². The molecule has 6 nitrogen and oxygen atoms in total. The van der Waals surface area contributed by atoms with Gasteiger partial charge < -0.3 is 4.42 Å². The van der Waals surface area contributed by atoms with Gasteiger partial charge in [-0.15, -0.1) is 11.8 Å². The second-order valence-corrected chi connectivity index (χ2v) is 5.50. The molecule has 0 unspecified atom stereocenters. The third kappa shape index (κ3) is 3.70. The highest BCUT2D eigenvalue weighted by Crippen LogP contribution is 2.17. The molecule has 0 aliphatic rings. The summed E-state index contributed by atoms with van der Waals surface area (Å²) in [5, 5.41) is 10.6. The Kier molecular flexibility index (Phi) is 4.58. The summed E-state index contributed by atoms with van der Waals surface area (Å²) in [6.45, 7) is 0. The van der Waals surface area contributed by atoms with Crippen molar-refractivity contribution in [1.82, 2.24) is 15.6 Å². The number of furan rings is 1. The lowest BCUT2D eigenvalue weighted by atomic mass is 10.2. The molecule has 0 saturated carbocycles. The molecule has 0 aliphatic heterocycles. The molecule has 1 aromatic carbocycles. The number of hydrogen-bond acceptors (Lipinski definition) is 5. The topological polar surface area (TPSA) is 83.3 Å². The Morgan fingerprint density at radius 2 is 2.17 bits per heavy atom. The van der Waals surface area contributed by atoms with E-state index < -0.39 is 5.91 Å². The van der Waals surface area contributed by atoms with Crippen LogP contribution in [-0.2, 0) is 0 Å². The zero-order valence-corrected chi connectivity index (χ0v) is 13.1. The van der Waals surface area contributed by atoms with Crippen LogP contribution in [0, 0.1) is 0 Å². The van der Waals surface area contributed by atoms with Crippen LogP contribution in [0.2, 0.25) is 0 Å². The van der Waals surface area contributed by atoms with Crippen LogP contribution in [0.1, 0.15) is 16.1 Å². The summed E-state index contributed by atoms with van der Waals surface area (Å²) < 4.78 is 5.24. The van der Waals surface area contributed by atoms with Gasteiger partial charge in [0.2, 0.25) is 0 Å². The lowest BCUT2D eigenvalue weighted by molar-refractivity contribution is 0.0950. The Bertz CT molecular complexity index is 807. The van der Waals surface area contributed by atoms with E-state index in [4.69, 9.17) is 4.42 Å². The van der Waals surface area contributed by atoms with Crippen LogP contribution in [0.25, 0.3) is 11.5 Å². The number of benzene rings is 1. The molecule has 3 rings (SSSR count). The van der Waals surface area contributed by atoms with E-state index in [1.807, 2.05) is 30.5 Å². The number of rotatable bonds is 5. The molecule has 0 aliphatic carbocycles. The molecule has 0 atom stereocenters. The van der Waals surface area contributed by atoms with Crippen molar-refractivity contribution >= 4 is 23.9 Å². The lowest BCUT2D eigenvalue weighted by Crippen LogP contribution is -2.17. The number of aromatic nitrogens is 2. The van der Waals surface area contributed by atoms with Crippen LogP contribution in [0.3, 0.4) is 0 Å². The van der Waals surface area contributed by atoms with Crippen molar-refractivity contribution < 1.29 is 9.21 Å². The Morgan fingerprint density at radius 1 is 1.35 bits per heavy atom. The van der Waals surface area contributed by atoms with E-state index in [1.54, 1.807) is 42.4 Å². The first-order valence-corrected chi connectivity index (χ1v) is 8.05. The maximum atomic E-state index is 12.0. The third-order valence-electron chi connectivity index (χ3n) is 3.09. The van der Waals surface area contributed by atoms with Crippen LogP contribution in [-0.4, -0.2) is 28.6 Å². The van der Waals surface area contributed by atoms with Gasteiger partial charge >= 0.3 is 0 Å². The van der Waals surface area contributed by atoms with Gasteiger partial charge in [-0.3, -0.25) is 9.89 Å². The van der Waals surface area contributed by atoms with Gasteiger partial charge in [-0.25, -0.2) is 5.43 Å².